The van der Waals surface area contributed by atoms with E-state index in [-0.39, 0.29) is 25.0 Å². The molecule has 8 heteroatoms. The van der Waals surface area contributed by atoms with Crippen LogP contribution in [0.3, 0.4) is 0 Å². The molecule has 0 aliphatic heterocycles. The van der Waals surface area contributed by atoms with Crippen molar-refractivity contribution in [1.29, 1.82) is 0 Å². The van der Waals surface area contributed by atoms with Gasteiger partial charge in [-0.2, -0.15) is 0 Å². The Labute approximate surface area is 186 Å². The molecule has 0 spiro atoms. The maximum absolute atomic E-state index is 12.7. The van der Waals surface area contributed by atoms with Gasteiger partial charge < -0.3 is 19.9 Å². The Morgan fingerprint density at radius 2 is 1.55 bits per heavy atom. The summed E-state index contributed by atoms with van der Waals surface area (Å²) in [5, 5.41) is 0. The summed E-state index contributed by atoms with van der Waals surface area (Å²) in [6.07, 6.45) is -1.11. The first-order valence-corrected chi connectivity index (χ1v) is 10.3. The normalized spacial score (nSPS) is 12.7. The summed E-state index contributed by atoms with van der Waals surface area (Å²) in [6, 6.07) is 14.4. The highest BCUT2D eigenvalue weighted by Gasteiger charge is 2.29. The average molecular weight is 448 g/mol. The standard InChI is InChI=1S/C23H26ClNO6/c1-15(2)20(25)23(28)31-19(22(27)29-13-17-6-4-3-5-7-17)12-16-8-10-18(11-9-16)21(26)30-14-24/h3-11,15,19-20H,12-14,25H2,1-2H3/t19?,20-/m1/s1. The molecule has 0 saturated heterocycles. The monoisotopic (exact) mass is 447 g/mol. The first-order chi connectivity index (χ1) is 14.8. The molecule has 0 aromatic heterocycles. The second-order valence-corrected chi connectivity index (χ2v) is 7.45. The van der Waals surface area contributed by atoms with E-state index in [2.05, 4.69) is 0 Å². The van der Waals surface area contributed by atoms with Gasteiger partial charge in [0.1, 0.15) is 12.6 Å². The van der Waals surface area contributed by atoms with Crippen molar-refractivity contribution in [1.82, 2.24) is 0 Å². The Kier molecular flexibility index (Phi) is 9.49. The average Bonchev–Trinajstić information content (AvgIpc) is 2.77. The Bertz CT molecular complexity index is 869. The molecule has 2 rings (SSSR count). The second-order valence-electron chi connectivity index (χ2n) is 7.23. The van der Waals surface area contributed by atoms with Gasteiger partial charge in [-0.05, 0) is 29.2 Å². The van der Waals surface area contributed by atoms with Crippen LogP contribution in [-0.4, -0.2) is 36.1 Å². The third-order valence-electron chi connectivity index (χ3n) is 4.53. The van der Waals surface area contributed by atoms with E-state index in [9.17, 15) is 14.4 Å². The summed E-state index contributed by atoms with van der Waals surface area (Å²) in [7, 11) is 0. The smallest absolute Gasteiger partial charge is 0.348 e. The van der Waals surface area contributed by atoms with E-state index in [1.165, 1.54) is 12.1 Å². The third-order valence-corrected chi connectivity index (χ3v) is 4.64. The third kappa shape index (κ3) is 7.70. The molecular weight excluding hydrogens is 422 g/mol. The summed E-state index contributed by atoms with van der Waals surface area (Å²) in [6.45, 7) is 3.62. The van der Waals surface area contributed by atoms with Gasteiger partial charge in [0.25, 0.3) is 0 Å². The van der Waals surface area contributed by atoms with Crippen LogP contribution in [0.5, 0.6) is 0 Å². The van der Waals surface area contributed by atoms with Crippen LogP contribution in [0.1, 0.15) is 35.3 Å². The minimum absolute atomic E-state index is 0.0488. The summed E-state index contributed by atoms with van der Waals surface area (Å²) < 4.78 is 15.5. The van der Waals surface area contributed by atoms with Gasteiger partial charge >= 0.3 is 17.9 Å². The lowest BCUT2D eigenvalue weighted by molar-refractivity contribution is -0.170. The fraction of sp³-hybridized carbons (Fsp3) is 0.348. The lowest BCUT2D eigenvalue weighted by Crippen LogP contribution is -2.41. The Hall–Kier alpha value is -2.90. The van der Waals surface area contributed by atoms with Crippen LogP contribution >= 0.6 is 11.6 Å². The van der Waals surface area contributed by atoms with Crippen LogP contribution in [-0.2, 0) is 36.8 Å². The van der Waals surface area contributed by atoms with Gasteiger partial charge in [-0.3, -0.25) is 4.79 Å². The van der Waals surface area contributed by atoms with E-state index < -0.39 is 30.1 Å². The van der Waals surface area contributed by atoms with Gasteiger partial charge in [-0.15, -0.1) is 0 Å². The summed E-state index contributed by atoms with van der Waals surface area (Å²) in [5.74, 6) is -2.08. The lowest BCUT2D eigenvalue weighted by atomic mass is 10.0. The zero-order valence-corrected chi connectivity index (χ0v) is 18.2. The highest BCUT2D eigenvalue weighted by molar-refractivity contribution is 6.17. The fourth-order valence-corrected chi connectivity index (χ4v) is 2.71. The van der Waals surface area contributed by atoms with E-state index in [1.807, 2.05) is 30.3 Å². The maximum atomic E-state index is 12.7. The number of ether oxygens (including phenoxy) is 3. The Morgan fingerprint density at radius 3 is 2.13 bits per heavy atom. The van der Waals surface area contributed by atoms with Crippen LogP contribution in [0.25, 0.3) is 0 Å². The number of benzene rings is 2. The zero-order valence-electron chi connectivity index (χ0n) is 17.5. The van der Waals surface area contributed by atoms with Crippen LogP contribution in [0.15, 0.2) is 54.6 Å². The molecular formula is C23H26ClNO6. The van der Waals surface area contributed by atoms with Crippen molar-refractivity contribution in [2.75, 3.05) is 6.07 Å². The molecule has 166 valence electrons. The lowest BCUT2D eigenvalue weighted by Gasteiger charge is -2.21. The van der Waals surface area contributed by atoms with Crippen molar-refractivity contribution >= 4 is 29.5 Å². The Balaban J connectivity index is 2.11. The number of halogens is 1. The van der Waals surface area contributed by atoms with Crippen LogP contribution in [0.4, 0.5) is 0 Å². The molecule has 2 atom stereocenters. The van der Waals surface area contributed by atoms with Gasteiger partial charge in [-0.1, -0.05) is 67.9 Å². The van der Waals surface area contributed by atoms with E-state index in [4.69, 9.17) is 31.5 Å². The number of hydrogen-bond donors (Lipinski definition) is 1. The van der Waals surface area contributed by atoms with Crippen molar-refractivity contribution in [3.8, 4) is 0 Å². The van der Waals surface area contributed by atoms with E-state index in [1.54, 1.807) is 26.0 Å². The highest BCUT2D eigenvalue weighted by Crippen LogP contribution is 2.14. The summed E-state index contributed by atoms with van der Waals surface area (Å²) in [5.41, 5.74) is 7.64. The molecule has 0 aliphatic rings. The first kappa shape index (κ1) is 24.4. The SMILES string of the molecule is CC(C)[C@@H](N)C(=O)OC(Cc1ccc(C(=O)OCCl)cc1)C(=O)OCc1ccccc1. The zero-order chi connectivity index (χ0) is 22.8. The number of esters is 3. The van der Waals surface area contributed by atoms with Crippen molar-refractivity contribution in [3.63, 3.8) is 0 Å². The molecule has 2 aromatic rings. The van der Waals surface area contributed by atoms with Crippen molar-refractivity contribution < 1.29 is 28.6 Å². The number of nitrogens with two attached hydrogens (primary N) is 1. The van der Waals surface area contributed by atoms with Gasteiger partial charge in [0, 0.05) is 6.42 Å². The number of alkyl halides is 1. The van der Waals surface area contributed by atoms with Crippen LogP contribution in [0, 0.1) is 5.92 Å². The fourth-order valence-electron chi connectivity index (χ4n) is 2.61. The molecule has 0 radical (unpaired) electrons. The van der Waals surface area contributed by atoms with Crippen molar-refractivity contribution in [2.24, 2.45) is 11.7 Å². The molecule has 0 fully saturated rings. The largest absolute Gasteiger partial charge is 0.458 e. The molecule has 1 unspecified atom stereocenters. The molecule has 7 nitrogen and oxygen atoms in total. The Morgan fingerprint density at radius 1 is 0.903 bits per heavy atom. The first-order valence-electron chi connectivity index (χ1n) is 9.80. The number of carbonyl (C=O) groups is 3. The van der Waals surface area contributed by atoms with Crippen LogP contribution < -0.4 is 5.73 Å². The predicted molar refractivity (Wildman–Crippen MR) is 115 cm³/mol. The van der Waals surface area contributed by atoms with E-state index in [0.717, 1.165) is 5.56 Å². The molecule has 0 aliphatic carbocycles. The molecule has 0 bridgehead atoms. The minimum Gasteiger partial charge on any atom is -0.458 e. The molecule has 0 heterocycles. The van der Waals surface area contributed by atoms with Crippen molar-refractivity contribution in [3.05, 3.63) is 71.3 Å². The second kappa shape index (κ2) is 12.1. The number of rotatable bonds is 10. The predicted octanol–water partition coefficient (Wildman–Crippen LogP) is 3.22. The van der Waals surface area contributed by atoms with Crippen LogP contribution in [0.2, 0.25) is 0 Å². The molecule has 2 aromatic carbocycles. The molecule has 2 N–H and O–H groups in total. The molecule has 0 saturated carbocycles. The molecule has 31 heavy (non-hydrogen) atoms. The number of hydrogen-bond acceptors (Lipinski definition) is 7. The highest BCUT2D eigenvalue weighted by atomic mass is 35.5. The van der Waals surface area contributed by atoms with Gasteiger partial charge in [-0.25, -0.2) is 9.59 Å². The van der Waals surface area contributed by atoms with E-state index in [0.29, 0.717) is 11.1 Å². The minimum atomic E-state index is -1.18. The van der Waals surface area contributed by atoms with E-state index >= 15 is 0 Å². The van der Waals surface area contributed by atoms with Gasteiger partial charge in [0.15, 0.2) is 6.07 Å². The summed E-state index contributed by atoms with van der Waals surface area (Å²) in [4.78, 5) is 36.8. The van der Waals surface area contributed by atoms with Crippen molar-refractivity contribution in [2.45, 2.75) is 39.0 Å². The molecule has 0 amide bonds. The van der Waals surface area contributed by atoms with Gasteiger partial charge in [0.05, 0.1) is 5.56 Å². The van der Waals surface area contributed by atoms with Gasteiger partial charge in [0.2, 0.25) is 6.10 Å². The topological polar surface area (TPSA) is 105 Å². The summed E-state index contributed by atoms with van der Waals surface area (Å²) >= 11 is 5.40. The number of carbonyl (C=O) groups excluding carboxylic acids is 3. The quantitative estimate of drug-likeness (QED) is 0.338. The maximum Gasteiger partial charge on any atom is 0.348 e.